The fourth-order valence-electron chi connectivity index (χ4n) is 5.72. The number of benzene rings is 2. The first-order chi connectivity index (χ1) is 20.7. The van der Waals surface area contributed by atoms with Gasteiger partial charge in [-0.1, -0.05) is 67.1 Å². The second kappa shape index (κ2) is 14.1. The van der Waals surface area contributed by atoms with Crippen molar-refractivity contribution in [1.29, 1.82) is 0 Å². The van der Waals surface area contributed by atoms with Crippen LogP contribution < -0.4 is 0 Å². The summed E-state index contributed by atoms with van der Waals surface area (Å²) in [6.07, 6.45) is -4.65. The predicted octanol–water partition coefficient (Wildman–Crippen LogP) is 4.37. The molecular weight excluding hydrogens is 579 g/mol. The van der Waals surface area contributed by atoms with Crippen LogP contribution in [0.5, 0.6) is 0 Å². The van der Waals surface area contributed by atoms with Crippen molar-refractivity contribution in [2.75, 3.05) is 0 Å². The van der Waals surface area contributed by atoms with Crippen LogP contribution in [-0.2, 0) is 55.1 Å². The van der Waals surface area contributed by atoms with Crippen LogP contribution in [-0.4, -0.2) is 64.4 Å². The Morgan fingerprint density at radius 1 is 0.814 bits per heavy atom. The molecule has 0 unspecified atom stereocenters. The fourth-order valence-corrected chi connectivity index (χ4v) is 7.07. The van der Waals surface area contributed by atoms with E-state index in [0.717, 1.165) is 19.3 Å². The number of hydrogen-bond acceptors (Lipinski definition) is 11. The third kappa shape index (κ3) is 7.98. The minimum absolute atomic E-state index is 0.0451. The first kappa shape index (κ1) is 31.9. The molecule has 2 aromatic rings. The Balaban J connectivity index is 1.42. The molecular formula is C31H39O11P. The molecule has 1 saturated heterocycles. The van der Waals surface area contributed by atoms with Crippen LogP contribution in [0, 0.1) is 0 Å². The fraction of sp³-hybridized carbons (Fsp3) is 0.548. The topological polar surface area (TPSA) is 147 Å². The minimum Gasteiger partial charge on any atom is -0.457 e. The zero-order chi connectivity index (χ0) is 30.5. The Morgan fingerprint density at radius 2 is 1.37 bits per heavy atom. The quantitative estimate of drug-likeness (QED) is 0.258. The molecule has 1 spiro atoms. The van der Waals surface area contributed by atoms with Crippen LogP contribution in [0.1, 0.15) is 63.0 Å². The molecule has 2 aliphatic carbocycles. The van der Waals surface area contributed by atoms with E-state index in [2.05, 4.69) is 0 Å². The maximum absolute atomic E-state index is 14.2. The summed E-state index contributed by atoms with van der Waals surface area (Å²) < 4.78 is 50.0. The molecule has 1 heterocycles. The van der Waals surface area contributed by atoms with Crippen LogP contribution in [0.25, 0.3) is 0 Å². The number of esters is 1. The van der Waals surface area contributed by atoms with Crippen LogP contribution in [0.3, 0.4) is 0 Å². The normalized spacial score (nSPS) is 28.3. The third-order valence-electron chi connectivity index (χ3n) is 7.98. The Morgan fingerprint density at radius 3 is 1.93 bits per heavy atom. The molecule has 3 fully saturated rings. The number of rotatable bonds is 12. The van der Waals surface area contributed by atoms with Crippen LogP contribution in [0.15, 0.2) is 60.7 Å². The predicted molar refractivity (Wildman–Crippen MR) is 152 cm³/mol. The zero-order valence-corrected chi connectivity index (χ0v) is 25.0. The van der Waals surface area contributed by atoms with Crippen molar-refractivity contribution >= 4 is 19.6 Å². The summed E-state index contributed by atoms with van der Waals surface area (Å²) in [5.41, 5.74) is 1.39. The molecule has 0 radical (unpaired) electrons. The Bertz CT molecular complexity index is 1220. The number of Topliss-reactive ketones (excluding diaryl/α,β-unsaturated/α-hetero) is 1. The monoisotopic (exact) mass is 618 g/mol. The van der Waals surface area contributed by atoms with E-state index in [1.807, 2.05) is 12.1 Å². The summed E-state index contributed by atoms with van der Waals surface area (Å²) in [5, 5.41) is 22.5. The van der Waals surface area contributed by atoms with Gasteiger partial charge in [-0.2, -0.15) is 0 Å². The maximum Gasteiger partial charge on any atom is 0.475 e. The lowest BCUT2D eigenvalue weighted by molar-refractivity contribution is -0.210. The van der Waals surface area contributed by atoms with E-state index in [4.69, 9.17) is 27.8 Å². The molecule has 2 aromatic carbocycles. The van der Waals surface area contributed by atoms with Gasteiger partial charge < -0.3 is 29.2 Å². The number of carbonyl (C=O) groups is 2. The highest BCUT2D eigenvalue weighted by Gasteiger charge is 2.63. The third-order valence-corrected chi connectivity index (χ3v) is 9.37. The highest BCUT2D eigenvalue weighted by Crippen LogP contribution is 2.55. The van der Waals surface area contributed by atoms with E-state index in [0.29, 0.717) is 24.0 Å². The van der Waals surface area contributed by atoms with Gasteiger partial charge in [0.05, 0.1) is 19.6 Å². The highest BCUT2D eigenvalue weighted by molar-refractivity contribution is 7.48. The Hall–Kier alpha value is -2.47. The van der Waals surface area contributed by atoms with E-state index >= 15 is 0 Å². The number of aliphatic hydroxyl groups excluding tert-OH is 2. The van der Waals surface area contributed by atoms with Gasteiger partial charge in [-0.25, -0.2) is 4.57 Å². The molecule has 0 amide bonds. The van der Waals surface area contributed by atoms with Gasteiger partial charge >= 0.3 is 13.8 Å². The Kier molecular flexibility index (Phi) is 10.5. The first-order valence-electron chi connectivity index (χ1n) is 14.7. The minimum atomic E-state index is -4.48. The van der Waals surface area contributed by atoms with Gasteiger partial charge in [0, 0.05) is 19.3 Å². The van der Waals surface area contributed by atoms with Crippen molar-refractivity contribution < 1.29 is 52.1 Å². The number of ketones is 1. The average molecular weight is 619 g/mol. The van der Waals surface area contributed by atoms with E-state index in [1.165, 1.54) is 6.92 Å². The van der Waals surface area contributed by atoms with Crippen molar-refractivity contribution in [2.45, 2.75) is 107 Å². The number of aliphatic hydroxyl groups is 2. The number of hydrogen-bond donors (Lipinski definition) is 2. The Labute approximate surface area is 251 Å². The van der Waals surface area contributed by atoms with Gasteiger partial charge in [0.15, 0.2) is 11.9 Å². The molecule has 11 nitrogen and oxygen atoms in total. The van der Waals surface area contributed by atoms with Crippen LogP contribution in [0.4, 0.5) is 0 Å². The summed E-state index contributed by atoms with van der Waals surface area (Å²) in [5.74, 6) is -1.95. The second-order valence-corrected chi connectivity index (χ2v) is 12.9. The number of phosphoric ester groups is 1. The van der Waals surface area contributed by atoms with E-state index in [-0.39, 0.29) is 31.8 Å². The second-order valence-electron chi connectivity index (χ2n) is 11.3. The maximum atomic E-state index is 14.2. The summed E-state index contributed by atoms with van der Waals surface area (Å²) in [6.45, 7) is 1.08. The lowest BCUT2D eigenvalue weighted by Crippen LogP contribution is -2.64. The van der Waals surface area contributed by atoms with E-state index < -0.39 is 56.2 Å². The molecule has 234 valence electrons. The van der Waals surface area contributed by atoms with Gasteiger partial charge in [-0.05, 0) is 30.9 Å². The number of ether oxygens (including phenoxy) is 3. The largest absolute Gasteiger partial charge is 0.475 e. The van der Waals surface area contributed by atoms with Crippen molar-refractivity contribution in [3.8, 4) is 0 Å². The molecule has 43 heavy (non-hydrogen) atoms. The standard InChI is InChI=1S/C31H39O11P/c1-21(32)15-16-24(33)39-29-28(26(35)25(34)27-30(29)41-31(40-27)17-9-4-10-18-31)42-43(36,37-19-22-11-5-2-6-12-22)38-20-23-13-7-3-8-14-23/h2-3,5-8,11-14,25-30,34-35H,4,9-10,15-20H2,1H3/t25-,26-,27-,28+,29-,30-/m1/s1. The number of phosphoric acid groups is 1. The van der Waals surface area contributed by atoms with Gasteiger partial charge in [0.2, 0.25) is 0 Å². The molecule has 3 aliphatic rings. The molecule has 1 aliphatic heterocycles. The number of fused-ring (bicyclic) bond motifs is 1. The molecule has 0 aromatic heterocycles. The molecule has 2 N–H and O–H groups in total. The summed E-state index contributed by atoms with van der Waals surface area (Å²) >= 11 is 0. The van der Waals surface area contributed by atoms with Gasteiger partial charge in [-0.3, -0.25) is 18.4 Å². The van der Waals surface area contributed by atoms with Gasteiger partial charge in [0.25, 0.3) is 0 Å². The van der Waals surface area contributed by atoms with Crippen molar-refractivity contribution in [3.05, 3.63) is 71.8 Å². The summed E-state index contributed by atoms with van der Waals surface area (Å²) in [6, 6.07) is 18.0. The van der Waals surface area contributed by atoms with E-state index in [9.17, 15) is 24.4 Å². The van der Waals surface area contributed by atoms with Gasteiger partial charge in [0.1, 0.15) is 36.3 Å². The molecule has 12 heteroatoms. The highest BCUT2D eigenvalue weighted by atomic mass is 31.2. The lowest BCUT2D eigenvalue weighted by atomic mass is 9.85. The first-order valence-corrected chi connectivity index (χ1v) is 16.2. The smallest absolute Gasteiger partial charge is 0.457 e. The average Bonchev–Trinajstić information content (AvgIpc) is 3.38. The lowest BCUT2D eigenvalue weighted by Gasteiger charge is -2.43. The molecule has 2 saturated carbocycles. The summed E-state index contributed by atoms with van der Waals surface area (Å²) in [7, 11) is -4.48. The van der Waals surface area contributed by atoms with Crippen molar-refractivity contribution in [1.82, 2.24) is 0 Å². The summed E-state index contributed by atoms with van der Waals surface area (Å²) in [4.78, 5) is 24.4. The van der Waals surface area contributed by atoms with Crippen molar-refractivity contribution in [2.24, 2.45) is 0 Å². The van der Waals surface area contributed by atoms with Gasteiger partial charge in [-0.15, -0.1) is 0 Å². The van der Waals surface area contributed by atoms with Crippen molar-refractivity contribution in [3.63, 3.8) is 0 Å². The zero-order valence-electron chi connectivity index (χ0n) is 24.1. The van der Waals surface area contributed by atoms with E-state index in [1.54, 1.807) is 48.5 Å². The molecule has 5 rings (SSSR count). The SMILES string of the molecule is CC(=O)CCC(=O)O[C@H]1[C@@H]2OC3(CCCCC3)O[C@@H]2[C@H](O)[C@@H](O)[C@@H]1OP(=O)(OCc1ccccc1)OCc1ccccc1. The number of carbonyl (C=O) groups excluding carboxylic acids is 2. The molecule has 6 atom stereocenters. The van der Waals surface area contributed by atoms with Crippen LogP contribution >= 0.6 is 7.82 Å². The van der Waals surface area contributed by atoms with Crippen LogP contribution in [0.2, 0.25) is 0 Å². The molecule has 0 bridgehead atoms.